The van der Waals surface area contributed by atoms with Crippen LogP contribution in [0.25, 0.3) is 0 Å². The SMILES string of the molecule is CSC(C)c1ccc(NC2CCN(C)CC2)c(C)c1. The minimum atomic E-state index is 0.580. The van der Waals surface area contributed by atoms with Crippen LogP contribution in [0, 0.1) is 6.92 Å². The molecule has 2 nitrogen and oxygen atoms in total. The third kappa shape index (κ3) is 3.90. The highest BCUT2D eigenvalue weighted by Crippen LogP contribution is 2.29. The van der Waals surface area contributed by atoms with Gasteiger partial charge in [-0.15, -0.1) is 0 Å². The van der Waals surface area contributed by atoms with Crippen molar-refractivity contribution in [2.24, 2.45) is 0 Å². The van der Waals surface area contributed by atoms with Crippen molar-refractivity contribution in [3.05, 3.63) is 29.3 Å². The van der Waals surface area contributed by atoms with Crippen LogP contribution in [0.5, 0.6) is 0 Å². The fourth-order valence-electron chi connectivity index (χ4n) is 2.61. The zero-order valence-electron chi connectivity index (χ0n) is 12.6. The molecule has 1 aromatic rings. The lowest BCUT2D eigenvalue weighted by molar-refractivity contribution is 0.264. The average Bonchev–Trinajstić information content (AvgIpc) is 2.42. The van der Waals surface area contributed by atoms with Crippen LogP contribution >= 0.6 is 11.8 Å². The Kier molecular flexibility index (Phi) is 5.17. The van der Waals surface area contributed by atoms with Crippen molar-refractivity contribution in [1.82, 2.24) is 4.90 Å². The molecule has 1 heterocycles. The van der Waals surface area contributed by atoms with Gasteiger partial charge in [-0.2, -0.15) is 11.8 Å². The zero-order chi connectivity index (χ0) is 13.8. The van der Waals surface area contributed by atoms with E-state index in [0.717, 1.165) is 0 Å². The van der Waals surface area contributed by atoms with E-state index in [4.69, 9.17) is 0 Å². The summed E-state index contributed by atoms with van der Waals surface area (Å²) in [5.74, 6) is 0. The first kappa shape index (κ1) is 14.7. The Labute approximate surface area is 122 Å². The molecule has 1 aliphatic rings. The van der Waals surface area contributed by atoms with Crippen LogP contribution in [-0.4, -0.2) is 37.3 Å². The minimum Gasteiger partial charge on any atom is -0.382 e. The van der Waals surface area contributed by atoms with Crippen molar-refractivity contribution in [3.8, 4) is 0 Å². The summed E-state index contributed by atoms with van der Waals surface area (Å²) in [6.45, 7) is 6.90. The molecule has 0 aliphatic carbocycles. The molecule has 1 unspecified atom stereocenters. The van der Waals surface area contributed by atoms with Gasteiger partial charge in [-0.25, -0.2) is 0 Å². The van der Waals surface area contributed by atoms with E-state index in [1.54, 1.807) is 0 Å². The fraction of sp³-hybridized carbons (Fsp3) is 0.625. The number of nitrogens with one attached hydrogen (secondary N) is 1. The van der Waals surface area contributed by atoms with Gasteiger partial charge in [-0.1, -0.05) is 12.1 Å². The molecule has 1 N–H and O–H groups in total. The Morgan fingerprint density at radius 1 is 1.32 bits per heavy atom. The van der Waals surface area contributed by atoms with Crippen molar-refractivity contribution in [1.29, 1.82) is 0 Å². The number of anilines is 1. The second-order valence-electron chi connectivity index (χ2n) is 5.67. The van der Waals surface area contributed by atoms with Crippen LogP contribution in [-0.2, 0) is 0 Å². The van der Waals surface area contributed by atoms with E-state index in [9.17, 15) is 0 Å². The summed E-state index contributed by atoms with van der Waals surface area (Å²) in [5, 5.41) is 4.30. The van der Waals surface area contributed by atoms with Crippen molar-refractivity contribution in [2.75, 3.05) is 31.7 Å². The molecule has 0 aromatic heterocycles. The maximum atomic E-state index is 3.72. The molecular formula is C16H26N2S. The third-order valence-corrected chi connectivity index (χ3v) is 5.13. The summed E-state index contributed by atoms with van der Waals surface area (Å²) in [5.41, 5.74) is 4.11. The predicted molar refractivity (Wildman–Crippen MR) is 87.3 cm³/mol. The molecule has 0 spiro atoms. The molecule has 19 heavy (non-hydrogen) atoms. The van der Waals surface area contributed by atoms with Crippen LogP contribution < -0.4 is 5.32 Å². The second kappa shape index (κ2) is 6.67. The fourth-order valence-corrected chi connectivity index (χ4v) is 3.03. The maximum absolute atomic E-state index is 3.72. The summed E-state index contributed by atoms with van der Waals surface area (Å²) in [4.78, 5) is 2.41. The Morgan fingerprint density at radius 3 is 2.58 bits per heavy atom. The summed E-state index contributed by atoms with van der Waals surface area (Å²) < 4.78 is 0. The third-order valence-electron chi connectivity index (χ3n) is 4.15. The molecule has 0 saturated carbocycles. The van der Waals surface area contributed by atoms with Gasteiger partial charge in [-0.3, -0.25) is 0 Å². The molecule has 1 fully saturated rings. The Bertz CT molecular complexity index is 411. The molecule has 1 aromatic carbocycles. The highest BCUT2D eigenvalue weighted by Gasteiger charge is 2.17. The predicted octanol–water partition coefficient (Wildman–Crippen LogP) is 3.93. The van der Waals surface area contributed by atoms with Crippen LogP contribution in [0.2, 0.25) is 0 Å². The monoisotopic (exact) mass is 278 g/mol. The van der Waals surface area contributed by atoms with E-state index in [2.05, 4.69) is 55.6 Å². The molecule has 1 aliphatic heterocycles. The van der Waals surface area contributed by atoms with E-state index in [1.165, 1.54) is 42.7 Å². The van der Waals surface area contributed by atoms with Crippen molar-refractivity contribution < 1.29 is 0 Å². The highest BCUT2D eigenvalue weighted by atomic mass is 32.2. The first-order valence-electron chi connectivity index (χ1n) is 7.18. The molecule has 2 rings (SSSR count). The van der Waals surface area contributed by atoms with E-state index in [0.29, 0.717) is 11.3 Å². The van der Waals surface area contributed by atoms with Gasteiger partial charge in [0.1, 0.15) is 0 Å². The van der Waals surface area contributed by atoms with Crippen LogP contribution in [0.4, 0.5) is 5.69 Å². The van der Waals surface area contributed by atoms with E-state index in [-0.39, 0.29) is 0 Å². The summed E-state index contributed by atoms with van der Waals surface area (Å²) in [6, 6.07) is 7.50. The van der Waals surface area contributed by atoms with Gasteiger partial charge < -0.3 is 10.2 Å². The topological polar surface area (TPSA) is 15.3 Å². The molecular weight excluding hydrogens is 252 g/mol. The summed E-state index contributed by atoms with van der Waals surface area (Å²) in [7, 11) is 2.21. The largest absolute Gasteiger partial charge is 0.382 e. The second-order valence-corrected chi connectivity index (χ2v) is 6.85. The van der Waals surface area contributed by atoms with Gasteiger partial charge in [0.05, 0.1) is 0 Å². The molecule has 3 heteroatoms. The zero-order valence-corrected chi connectivity index (χ0v) is 13.4. The van der Waals surface area contributed by atoms with Crippen molar-refractivity contribution in [3.63, 3.8) is 0 Å². The van der Waals surface area contributed by atoms with Gasteiger partial charge in [0.25, 0.3) is 0 Å². The number of aryl methyl sites for hydroxylation is 1. The lowest BCUT2D eigenvalue weighted by atomic mass is 10.0. The number of hydrogen-bond donors (Lipinski definition) is 1. The van der Waals surface area contributed by atoms with Gasteiger partial charge in [0.15, 0.2) is 0 Å². The lowest BCUT2D eigenvalue weighted by Gasteiger charge is -2.30. The lowest BCUT2D eigenvalue weighted by Crippen LogP contribution is -2.36. The Hall–Kier alpha value is -0.670. The molecule has 1 atom stereocenters. The number of likely N-dealkylation sites (tertiary alicyclic amines) is 1. The van der Waals surface area contributed by atoms with E-state index < -0.39 is 0 Å². The van der Waals surface area contributed by atoms with Crippen molar-refractivity contribution >= 4 is 17.4 Å². The minimum absolute atomic E-state index is 0.580. The molecule has 0 amide bonds. The quantitative estimate of drug-likeness (QED) is 0.898. The number of hydrogen-bond acceptors (Lipinski definition) is 3. The summed E-state index contributed by atoms with van der Waals surface area (Å²) >= 11 is 1.90. The van der Waals surface area contributed by atoms with Crippen molar-refractivity contribution in [2.45, 2.75) is 38.0 Å². The smallest absolute Gasteiger partial charge is 0.0372 e. The Balaban J connectivity index is 2.01. The van der Waals surface area contributed by atoms with Crippen LogP contribution in [0.15, 0.2) is 18.2 Å². The van der Waals surface area contributed by atoms with Gasteiger partial charge in [0, 0.05) is 17.0 Å². The Morgan fingerprint density at radius 2 is 2.00 bits per heavy atom. The number of piperidine rings is 1. The van der Waals surface area contributed by atoms with Crippen LogP contribution in [0.1, 0.15) is 36.1 Å². The maximum Gasteiger partial charge on any atom is 0.0372 e. The summed E-state index contributed by atoms with van der Waals surface area (Å²) in [6.07, 6.45) is 4.67. The molecule has 1 saturated heterocycles. The van der Waals surface area contributed by atoms with Gasteiger partial charge in [-0.05, 0) is 70.3 Å². The molecule has 0 bridgehead atoms. The van der Waals surface area contributed by atoms with Gasteiger partial charge in [0.2, 0.25) is 0 Å². The number of thioether (sulfide) groups is 1. The first-order chi connectivity index (χ1) is 9.10. The van der Waals surface area contributed by atoms with Gasteiger partial charge >= 0.3 is 0 Å². The molecule has 106 valence electrons. The number of benzene rings is 1. The standard InChI is InChI=1S/C16H26N2S/c1-12-11-14(13(2)19-4)5-6-16(12)17-15-7-9-18(3)10-8-15/h5-6,11,13,15,17H,7-10H2,1-4H3. The normalized spacial score (nSPS) is 19.4. The van der Waals surface area contributed by atoms with Crippen LogP contribution in [0.3, 0.4) is 0 Å². The number of rotatable bonds is 4. The molecule has 0 radical (unpaired) electrons. The van der Waals surface area contributed by atoms with E-state index >= 15 is 0 Å². The average molecular weight is 278 g/mol. The first-order valence-corrected chi connectivity index (χ1v) is 8.47. The van der Waals surface area contributed by atoms with E-state index in [1.807, 2.05) is 11.8 Å². The number of nitrogens with zero attached hydrogens (tertiary/aromatic N) is 1. The highest BCUT2D eigenvalue weighted by molar-refractivity contribution is 7.98.